The fourth-order valence-electron chi connectivity index (χ4n) is 1.87. The molecule has 2 aromatic rings. The molecule has 21 heavy (non-hydrogen) atoms. The van der Waals surface area contributed by atoms with Gasteiger partial charge in [-0.05, 0) is 36.2 Å². The van der Waals surface area contributed by atoms with Gasteiger partial charge in [0, 0.05) is 18.2 Å². The van der Waals surface area contributed by atoms with E-state index in [1.54, 1.807) is 12.1 Å². The first-order valence-corrected chi connectivity index (χ1v) is 6.20. The standard InChI is InChI=1S/C15H12F3NO2/c16-15(17,18)12-4-2-11(3-5-12)13-9-10(7-8-19-13)1-6-14(20)21/h2-5,7-9H,1,6H2,(H,20,21). The lowest BCUT2D eigenvalue weighted by Crippen LogP contribution is -2.04. The molecule has 1 aromatic heterocycles. The fourth-order valence-corrected chi connectivity index (χ4v) is 1.87. The van der Waals surface area contributed by atoms with Crippen molar-refractivity contribution in [3.8, 4) is 11.3 Å². The van der Waals surface area contributed by atoms with Gasteiger partial charge in [-0.15, -0.1) is 0 Å². The van der Waals surface area contributed by atoms with Crippen molar-refractivity contribution in [3.63, 3.8) is 0 Å². The molecule has 0 atom stereocenters. The van der Waals surface area contributed by atoms with Crippen LogP contribution in [-0.2, 0) is 17.4 Å². The highest BCUT2D eigenvalue weighted by Gasteiger charge is 2.29. The highest BCUT2D eigenvalue weighted by molar-refractivity contribution is 5.67. The predicted octanol–water partition coefficient (Wildman–Crippen LogP) is 3.78. The third kappa shape index (κ3) is 4.05. The SMILES string of the molecule is O=C(O)CCc1ccnc(-c2ccc(C(F)(F)F)cc2)c1. The summed E-state index contributed by atoms with van der Waals surface area (Å²) in [5.74, 6) is -0.900. The van der Waals surface area contributed by atoms with Crippen molar-refractivity contribution in [3.05, 3.63) is 53.7 Å². The lowest BCUT2D eigenvalue weighted by Gasteiger charge is -2.08. The molecule has 0 fully saturated rings. The minimum absolute atomic E-state index is 0.00351. The van der Waals surface area contributed by atoms with Crippen molar-refractivity contribution >= 4 is 5.97 Å². The molecule has 0 saturated carbocycles. The number of carboxylic acid groups (broad SMARTS) is 1. The Labute approximate surface area is 119 Å². The van der Waals surface area contributed by atoms with Gasteiger partial charge >= 0.3 is 12.1 Å². The van der Waals surface area contributed by atoms with Crippen LogP contribution in [0.5, 0.6) is 0 Å². The summed E-state index contributed by atoms with van der Waals surface area (Å²) in [6.07, 6.45) is -2.50. The second-order valence-corrected chi connectivity index (χ2v) is 4.52. The maximum Gasteiger partial charge on any atom is 0.416 e. The van der Waals surface area contributed by atoms with Gasteiger partial charge in [0.25, 0.3) is 0 Å². The van der Waals surface area contributed by atoms with Crippen LogP contribution in [0.1, 0.15) is 17.5 Å². The second-order valence-electron chi connectivity index (χ2n) is 4.52. The molecular formula is C15H12F3NO2. The quantitative estimate of drug-likeness (QED) is 0.933. The van der Waals surface area contributed by atoms with E-state index in [0.29, 0.717) is 17.7 Å². The van der Waals surface area contributed by atoms with Gasteiger partial charge in [0.1, 0.15) is 0 Å². The van der Waals surface area contributed by atoms with E-state index in [1.165, 1.54) is 18.3 Å². The number of nitrogens with zero attached hydrogens (tertiary/aromatic N) is 1. The molecule has 0 radical (unpaired) electrons. The number of carboxylic acids is 1. The summed E-state index contributed by atoms with van der Waals surface area (Å²) in [5.41, 5.74) is 1.14. The maximum atomic E-state index is 12.5. The zero-order valence-electron chi connectivity index (χ0n) is 10.9. The summed E-state index contributed by atoms with van der Waals surface area (Å²) in [5, 5.41) is 8.65. The van der Waals surface area contributed by atoms with Gasteiger partial charge in [0.2, 0.25) is 0 Å². The van der Waals surface area contributed by atoms with Crippen molar-refractivity contribution in [1.29, 1.82) is 0 Å². The van der Waals surface area contributed by atoms with Crippen molar-refractivity contribution in [2.45, 2.75) is 19.0 Å². The Kier molecular flexibility index (Phi) is 4.26. The highest BCUT2D eigenvalue weighted by Crippen LogP contribution is 2.30. The van der Waals surface area contributed by atoms with Crippen LogP contribution < -0.4 is 0 Å². The molecule has 0 saturated heterocycles. The number of aromatic nitrogens is 1. The van der Waals surface area contributed by atoms with E-state index in [2.05, 4.69) is 4.98 Å². The monoisotopic (exact) mass is 295 g/mol. The summed E-state index contributed by atoms with van der Waals surface area (Å²) >= 11 is 0. The number of alkyl halides is 3. The van der Waals surface area contributed by atoms with Crippen molar-refractivity contribution < 1.29 is 23.1 Å². The van der Waals surface area contributed by atoms with Gasteiger partial charge in [-0.2, -0.15) is 13.2 Å². The molecule has 1 N–H and O–H groups in total. The van der Waals surface area contributed by atoms with Gasteiger partial charge in [-0.25, -0.2) is 0 Å². The average molecular weight is 295 g/mol. The summed E-state index contributed by atoms with van der Waals surface area (Å²) in [4.78, 5) is 14.6. The van der Waals surface area contributed by atoms with E-state index in [-0.39, 0.29) is 6.42 Å². The van der Waals surface area contributed by atoms with E-state index >= 15 is 0 Å². The number of pyridine rings is 1. The number of hydrogen-bond acceptors (Lipinski definition) is 2. The molecule has 6 heteroatoms. The first kappa shape index (κ1) is 15.0. The first-order valence-electron chi connectivity index (χ1n) is 6.20. The smallest absolute Gasteiger partial charge is 0.416 e. The predicted molar refractivity (Wildman–Crippen MR) is 70.6 cm³/mol. The Morgan fingerprint density at radius 1 is 1.14 bits per heavy atom. The third-order valence-electron chi connectivity index (χ3n) is 2.96. The molecule has 110 valence electrons. The molecule has 3 nitrogen and oxygen atoms in total. The number of rotatable bonds is 4. The highest BCUT2D eigenvalue weighted by atomic mass is 19.4. The number of aryl methyl sites for hydroxylation is 1. The maximum absolute atomic E-state index is 12.5. The van der Waals surface area contributed by atoms with Gasteiger partial charge in [-0.3, -0.25) is 9.78 Å². The van der Waals surface area contributed by atoms with Crippen molar-refractivity contribution in [2.24, 2.45) is 0 Å². The van der Waals surface area contributed by atoms with Crippen LogP contribution in [0.2, 0.25) is 0 Å². The number of carbonyl (C=O) groups is 1. The molecule has 1 heterocycles. The minimum atomic E-state index is -4.37. The summed E-state index contributed by atoms with van der Waals surface area (Å²) < 4.78 is 37.5. The first-order chi connectivity index (χ1) is 9.86. The number of aliphatic carboxylic acids is 1. The number of hydrogen-bond donors (Lipinski definition) is 1. The molecule has 0 amide bonds. The van der Waals surface area contributed by atoms with E-state index in [1.807, 2.05) is 0 Å². The Bertz CT molecular complexity index is 636. The van der Waals surface area contributed by atoms with E-state index in [4.69, 9.17) is 5.11 Å². The second kappa shape index (κ2) is 5.95. The van der Waals surface area contributed by atoms with Gasteiger partial charge < -0.3 is 5.11 Å². The van der Waals surface area contributed by atoms with E-state index < -0.39 is 17.7 Å². The topological polar surface area (TPSA) is 50.2 Å². The van der Waals surface area contributed by atoms with E-state index in [0.717, 1.165) is 17.7 Å². The van der Waals surface area contributed by atoms with Gasteiger partial charge in [0.15, 0.2) is 0 Å². The van der Waals surface area contributed by atoms with Crippen LogP contribution in [0.15, 0.2) is 42.6 Å². The molecule has 0 aliphatic carbocycles. The Morgan fingerprint density at radius 3 is 2.38 bits per heavy atom. The molecule has 0 aliphatic rings. The third-order valence-corrected chi connectivity index (χ3v) is 2.96. The zero-order chi connectivity index (χ0) is 15.5. The molecule has 0 unspecified atom stereocenters. The normalized spacial score (nSPS) is 11.4. The Balaban J connectivity index is 2.22. The molecule has 2 rings (SSSR count). The van der Waals surface area contributed by atoms with Crippen LogP contribution in [0.3, 0.4) is 0 Å². The van der Waals surface area contributed by atoms with Gasteiger partial charge in [0.05, 0.1) is 11.3 Å². The van der Waals surface area contributed by atoms with Crippen LogP contribution in [0.4, 0.5) is 13.2 Å². The Morgan fingerprint density at radius 2 is 1.81 bits per heavy atom. The van der Waals surface area contributed by atoms with Crippen LogP contribution in [0.25, 0.3) is 11.3 Å². The molecular weight excluding hydrogens is 283 g/mol. The lowest BCUT2D eigenvalue weighted by molar-refractivity contribution is -0.138. The van der Waals surface area contributed by atoms with Crippen LogP contribution in [0, 0.1) is 0 Å². The summed E-state index contributed by atoms with van der Waals surface area (Å²) in [7, 11) is 0. The van der Waals surface area contributed by atoms with Gasteiger partial charge in [-0.1, -0.05) is 12.1 Å². The molecule has 0 aliphatic heterocycles. The van der Waals surface area contributed by atoms with E-state index in [9.17, 15) is 18.0 Å². The molecule has 1 aromatic carbocycles. The Hall–Kier alpha value is -2.37. The average Bonchev–Trinajstić information content (AvgIpc) is 2.45. The lowest BCUT2D eigenvalue weighted by atomic mass is 10.0. The minimum Gasteiger partial charge on any atom is -0.481 e. The van der Waals surface area contributed by atoms with Crippen LogP contribution in [-0.4, -0.2) is 16.1 Å². The zero-order valence-corrected chi connectivity index (χ0v) is 10.9. The summed E-state index contributed by atoms with van der Waals surface area (Å²) in [6.45, 7) is 0. The van der Waals surface area contributed by atoms with Crippen molar-refractivity contribution in [1.82, 2.24) is 4.98 Å². The largest absolute Gasteiger partial charge is 0.481 e. The number of halogens is 3. The number of benzene rings is 1. The van der Waals surface area contributed by atoms with Crippen molar-refractivity contribution in [2.75, 3.05) is 0 Å². The molecule has 0 spiro atoms. The molecule has 0 bridgehead atoms. The fraction of sp³-hybridized carbons (Fsp3) is 0.200. The summed E-state index contributed by atoms with van der Waals surface area (Å²) in [6, 6.07) is 8.09. The van der Waals surface area contributed by atoms with Crippen LogP contribution >= 0.6 is 0 Å².